The van der Waals surface area contributed by atoms with Crippen molar-refractivity contribution in [1.82, 2.24) is 0 Å². The van der Waals surface area contributed by atoms with E-state index in [-0.39, 0.29) is 11.9 Å². The molecule has 1 aliphatic heterocycles. The average molecular weight is 262 g/mol. The molecule has 0 bridgehead atoms. The van der Waals surface area contributed by atoms with Crippen LogP contribution in [0.3, 0.4) is 0 Å². The molecule has 0 saturated carbocycles. The topological polar surface area (TPSA) is 72.2 Å². The normalized spacial score (nSPS) is 17.6. The summed E-state index contributed by atoms with van der Waals surface area (Å²) < 4.78 is 16.0. The lowest BCUT2D eigenvalue weighted by atomic mass is 10.1. The molecule has 2 aromatic rings. The Labute approximate surface area is 109 Å². The molecule has 0 aliphatic carbocycles. The average Bonchev–Trinajstić information content (AvgIpc) is 3.15. The number of fused-ring (bicyclic) bond motifs is 1. The van der Waals surface area contributed by atoms with Gasteiger partial charge in [0.25, 0.3) is 0 Å². The maximum absolute atomic E-state index is 11.1. The summed E-state index contributed by atoms with van der Waals surface area (Å²) in [5.74, 6) is -0.322. The summed E-state index contributed by atoms with van der Waals surface area (Å²) in [6.45, 7) is 3.18. The Morgan fingerprint density at radius 3 is 2.95 bits per heavy atom. The van der Waals surface area contributed by atoms with Gasteiger partial charge in [-0.2, -0.15) is 0 Å². The highest BCUT2D eigenvalue weighted by molar-refractivity contribution is 5.95. The van der Waals surface area contributed by atoms with E-state index in [1.807, 2.05) is 13.0 Å². The Morgan fingerprint density at radius 1 is 1.53 bits per heavy atom. The largest absolute Gasteiger partial charge is 0.491 e. The second kappa shape index (κ2) is 4.59. The van der Waals surface area contributed by atoms with Crippen LogP contribution in [0.25, 0.3) is 11.0 Å². The highest BCUT2D eigenvalue weighted by atomic mass is 16.6. The van der Waals surface area contributed by atoms with Gasteiger partial charge in [0.2, 0.25) is 5.76 Å². The lowest BCUT2D eigenvalue weighted by Gasteiger charge is -2.03. The Morgan fingerprint density at radius 2 is 2.32 bits per heavy atom. The molecule has 5 nitrogen and oxygen atoms in total. The van der Waals surface area contributed by atoms with Gasteiger partial charge in [-0.3, -0.25) is 0 Å². The summed E-state index contributed by atoms with van der Waals surface area (Å²) >= 11 is 0. The first-order valence-electron chi connectivity index (χ1n) is 6.22. The first kappa shape index (κ1) is 12.0. The number of epoxide rings is 1. The van der Waals surface area contributed by atoms with E-state index in [4.69, 9.17) is 19.0 Å². The van der Waals surface area contributed by atoms with Gasteiger partial charge in [-0.05, 0) is 24.6 Å². The number of hydrogen-bond acceptors (Lipinski definition) is 4. The second-order valence-corrected chi connectivity index (χ2v) is 4.49. The van der Waals surface area contributed by atoms with Crippen LogP contribution in [0.1, 0.15) is 23.0 Å². The van der Waals surface area contributed by atoms with Crippen molar-refractivity contribution in [2.24, 2.45) is 0 Å². The van der Waals surface area contributed by atoms with Gasteiger partial charge in [-0.25, -0.2) is 4.79 Å². The monoisotopic (exact) mass is 262 g/mol. The number of aromatic carboxylic acids is 1. The van der Waals surface area contributed by atoms with Crippen molar-refractivity contribution in [3.8, 4) is 5.75 Å². The molecule has 1 aromatic heterocycles. The molecule has 1 unspecified atom stereocenters. The van der Waals surface area contributed by atoms with Gasteiger partial charge in [0, 0.05) is 10.9 Å². The Bertz CT molecular complexity index is 624. The van der Waals surface area contributed by atoms with Crippen LogP contribution >= 0.6 is 0 Å². The second-order valence-electron chi connectivity index (χ2n) is 4.49. The van der Waals surface area contributed by atoms with Gasteiger partial charge in [-0.15, -0.1) is 0 Å². The summed E-state index contributed by atoms with van der Waals surface area (Å²) in [5, 5.41) is 9.91. The van der Waals surface area contributed by atoms with Crippen molar-refractivity contribution < 1.29 is 23.8 Å². The molecule has 0 spiro atoms. The van der Waals surface area contributed by atoms with Crippen molar-refractivity contribution in [3.05, 3.63) is 29.5 Å². The molecule has 5 heteroatoms. The van der Waals surface area contributed by atoms with Crippen LogP contribution in [-0.2, 0) is 11.2 Å². The molecule has 19 heavy (non-hydrogen) atoms. The van der Waals surface area contributed by atoms with Crippen molar-refractivity contribution in [2.75, 3.05) is 13.2 Å². The van der Waals surface area contributed by atoms with Crippen LogP contribution in [0.5, 0.6) is 5.75 Å². The first-order chi connectivity index (χ1) is 9.19. The van der Waals surface area contributed by atoms with E-state index in [1.54, 1.807) is 12.1 Å². The summed E-state index contributed by atoms with van der Waals surface area (Å²) in [4.78, 5) is 11.1. The molecule has 100 valence electrons. The third-order valence-corrected chi connectivity index (χ3v) is 3.15. The van der Waals surface area contributed by atoms with Crippen molar-refractivity contribution >= 4 is 16.9 Å². The SMILES string of the molecule is CCc1c(C(=O)O)oc2ccc(OCC3CO3)cc12. The lowest BCUT2D eigenvalue weighted by molar-refractivity contribution is 0.0663. The zero-order valence-corrected chi connectivity index (χ0v) is 10.5. The quantitative estimate of drug-likeness (QED) is 0.838. The molecule has 1 fully saturated rings. The smallest absolute Gasteiger partial charge is 0.372 e. The number of carboxylic acids is 1. The Balaban J connectivity index is 1.97. The van der Waals surface area contributed by atoms with Crippen LogP contribution in [0.4, 0.5) is 0 Å². The third-order valence-electron chi connectivity index (χ3n) is 3.15. The molecule has 1 atom stereocenters. The van der Waals surface area contributed by atoms with Gasteiger partial charge >= 0.3 is 5.97 Å². The Hall–Kier alpha value is -2.01. The minimum absolute atomic E-state index is 0.0141. The van der Waals surface area contributed by atoms with Crippen molar-refractivity contribution in [2.45, 2.75) is 19.4 Å². The predicted octanol–water partition coefficient (Wildman–Crippen LogP) is 2.47. The molecule has 1 saturated heterocycles. The number of aryl methyl sites for hydroxylation is 1. The van der Waals surface area contributed by atoms with E-state index < -0.39 is 5.97 Å². The summed E-state index contributed by atoms with van der Waals surface area (Å²) in [6, 6.07) is 5.34. The number of rotatable bonds is 5. The molecular weight excluding hydrogens is 248 g/mol. The fourth-order valence-corrected chi connectivity index (χ4v) is 2.09. The van der Waals surface area contributed by atoms with Crippen LogP contribution in [-0.4, -0.2) is 30.4 Å². The van der Waals surface area contributed by atoms with Gasteiger partial charge in [0.15, 0.2) is 0 Å². The lowest BCUT2D eigenvalue weighted by Crippen LogP contribution is -2.03. The molecular formula is C14H14O5. The van der Waals surface area contributed by atoms with Crippen LogP contribution in [0, 0.1) is 0 Å². The molecule has 0 radical (unpaired) electrons. The van der Waals surface area contributed by atoms with Gasteiger partial charge in [-0.1, -0.05) is 6.92 Å². The number of ether oxygens (including phenoxy) is 2. The number of carbonyl (C=O) groups is 1. The molecule has 3 rings (SSSR count). The fourth-order valence-electron chi connectivity index (χ4n) is 2.09. The molecule has 0 amide bonds. The van der Waals surface area contributed by atoms with Crippen LogP contribution < -0.4 is 4.74 Å². The Kier molecular flexibility index (Phi) is 2.91. The van der Waals surface area contributed by atoms with Gasteiger partial charge < -0.3 is 19.0 Å². The van der Waals surface area contributed by atoms with Crippen molar-refractivity contribution in [3.63, 3.8) is 0 Å². The minimum atomic E-state index is -1.04. The number of hydrogen-bond donors (Lipinski definition) is 1. The highest BCUT2D eigenvalue weighted by Crippen LogP contribution is 2.30. The van der Waals surface area contributed by atoms with Crippen LogP contribution in [0.15, 0.2) is 22.6 Å². The third kappa shape index (κ3) is 2.29. The van der Waals surface area contributed by atoms with Crippen molar-refractivity contribution in [1.29, 1.82) is 0 Å². The van der Waals surface area contributed by atoms with E-state index >= 15 is 0 Å². The molecule has 1 aliphatic rings. The standard InChI is InChI=1S/C14H14O5/c1-2-10-11-5-8(17-6-9-7-18-9)3-4-12(11)19-13(10)14(15)16/h3-5,9H,2,6-7H2,1H3,(H,15,16). The number of carboxylic acid groups (broad SMARTS) is 1. The highest BCUT2D eigenvalue weighted by Gasteiger charge is 2.23. The molecule has 2 heterocycles. The first-order valence-corrected chi connectivity index (χ1v) is 6.22. The maximum atomic E-state index is 11.1. The van der Waals surface area contributed by atoms with E-state index in [0.29, 0.717) is 29.9 Å². The maximum Gasteiger partial charge on any atom is 0.372 e. The van der Waals surface area contributed by atoms with Gasteiger partial charge in [0.05, 0.1) is 6.61 Å². The summed E-state index contributed by atoms with van der Waals surface area (Å²) in [6.07, 6.45) is 0.796. The van der Waals surface area contributed by atoms with E-state index in [0.717, 1.165) is 12.0 Å². The zero-order valence-electron chi connectivity index (χ0n) is 10.5. The number of furan rings is 1. The predicted molar refractivity (Wildman–Crippen MR) is 67.8 cm³/mol. The van der Waals surface area contributed by atoms with E-state index in [2.05, 4.69) is 0 Å². The molecule has 1 aromatic carbocycles. The van der Waals surface area contributed by atoms with E-state index in [9.17, 15) is 4.79 Å². The minimum Gasteiger partial charge on any atom is -0.491 e. The van der Waals surface area contributed by atoms with E-state index in [1.165, 1.54) is 0 Å². The summed E-state index contributed by atoms with van der Waals surface area (Å²) in [5.41, 5.74) is 1.28. The van der Waals surface area contributed by atoms with Gasteiger partial charge in [0.1, 0.15) is 24.0 Å². The van der Waals surface area contributed by atoms with Crippen LogP contribution in [0.2, 0.25) is 0 Å². The fraction of sp³-hybridized carbons (Fsp3) is 0.357. The molecule has 1 N–H and O–H groups in total. The summed E-state index contributed by atoms with van der Waals surface area (Å²) in [7, 11) is 0. The zero-order chi connectivity index (χ0) is 13.4. The number of benzene rings is 1.